The van der Waals surface area contributed by atoms with E-state index < -0.39 is 0 Å². The molecule has 3 nitrogen and oxygen atoms in total. The molecule has 0 unspecified atom stereocenters. The average molecular weight is 326 g/mol. The molecule has 23 heavy (non-hydrogen) atoms. The summed E-state index contributed by atoms with van der Waals surface area (Å²) in [6.45, 7) is 5.24. The molecular weight excluding hydrogens is 304 g/mol. The minimum atomic E-state index is 0.422. The molecule has 1 heterocycles. The maximum atomic E-state index is 5.52. The van der Waals surface area contributed by atoms with Crippen molar-refractivity contribution >= 4 is 26.7 Å². The lowest BCUT2D eigenvalue weighted by molar-refractivity contribution is 0.408. The topological polar surface area (TPSA) is 34.1 Å². The van der Waals surface area contributed by atoms with Gasteiger partial charge in [-0.3, -0.25) is 0 Å². The van der Waals surface area contributed by atoms with Crippen LogP contribution in [0.3, 0.4) is 0 Å². The summed E-state index contributed by atoms with van der Waals surface area (Å²) in [7, 11) is 1.73. The normalized spacial score (nSPS) is 11.1. The van der Waals surface area contributed by atoms with Gasteiger partial charge in [0.2, 0.25) is 0 Å². The van der Waals surface area contributed by atoms with Crippen molar-refractivity contribution in [1.29, 1.82) is 0 Å². The van der Waals surface area contributed by atoms with Crippen LogP contribution in [0.5, 0.6) is 5.75 Å². The summed E-state index contributed by atoms with van der Waals surface area (Å²) in [5, 5.41) is 4.41. The quantitative estimate of drug-likeness (QED) is 0.685. The van der Waals surface area contributed by atoms with E-state index in [0.717, 1.165) is 34.1 Å². The van der Waals surface area contributed by atoms with Crippen LogP contribution in [0.15, 0.2) is 42.5 Å². The molecule has 0 aliphatic carbocycles. The van der Waals surface area contributed by atoms with Gasteiger partial charge in [0.05, 0.1) is 17.3 Å². The van der Waals surface area contributed by atoms with Crippen LogP contribution in [0.25, 0.3) is 10.2 Å². The first kappa shape index (κ1) is 15.8. The Morgan fingerprint density at radius 3 is 2.65 bits per heavy atom. The maximum Gasteiger partial charge on any atom is 0.183 e. The molecule has 0 saturated carbocycles. The second-order valence-corrected chi connectivity index (χ2v) is 6.93. The molecule has 3 aromatic rings. The third kappa shape index (κ3) is 3.64. The summed E-state index contributed by atoms with van der Waals surface area (Å²) in [5.41, 5.74) is 3.59. The number of anilines is 1. The zero-order valence-electron chi connectivity index (χ0n) is 13.8. The minimum Gasteiger partial charge on any atom is -0.496 e. The van der Waals surface area contributed by atoms with Crippen molar-refractivity contribution in [2.45, 2.75) is 26.2 Å². The predicted molar refractivity (Wildman–Crippen MR) is 98.9 cm³/mol. The van der Waals surface area contributed by atoms with Gasteiger partial charge >= 0.3 is 0 Å². The highest BCUT2D eigenvalue weighted by Crippen LogP contribution is 2.35. The van der Waals surface area contributed by atoms with Gasteiger partial charge in [0.1, 0.15) is 5.75 Å². The van der Waals surface area contributed by atoms with Gasteiger partial charge < -0.3 is 10.1 Å². The number of thiazole rings is 1. The second kappa shape index (κ2) is 7.01. The first-order chi connectivity index (χ1) is 11.2. The molecule has 0 fully saturated rings. The van der Waals surface area contributed by atoms with E-state index in [9.17, 15) is 0 Å². The highest BCUT2D eigenvalue weighted by molar-refractivity contribution is 7.22. The number of nitrogens with one attached hydrogen (secondary N) is 1. The van der Waals surface area contributed by atoms with Crippen LogP contribution in [0.2, 0.25) is 0 Å². The highest BCUT2D eigenvalue weighted by atomic mass is 32.1. The number of hydrogen-bond donors (Lipinski definition) is 1. The fourth-order valence-corrected chi connectivity index (χ4v) is 3.54. The Bertz CT molecular complexity index is 781. The van der Waals surface area contributed by atoms with Crippen molar-refractivity contribution in [2.24, 2.45) is 0 Å². The van der Waals surface area contributed by atoms with E-state index in [4.69, 9.17) is 9.72 Å². The Labute approximate surface area is 141 Å². The molecule has 0 spiro atoms. The summed E-state index contributed by atoms with van der Waals surface area (Å²) in [6.07, 6.45) is 0.997. The van der Waals surface area contributed by atoms with Gasteiger partial charge in [0, 0.05) is 6.54 Å². The first-order valence-corrected chi connectivity index (χ1v) is 8.75. The number of benzene rings is 2. The van der Waals surface area contributed by atoms with Gasteiger partial charge in [0.15, 0.2) is 5.13 Å². The van der Waals surface area contributed by atoms with Gasteiger partial charge in [-0.1, -0.05) is 55.5 Å². The largest absolute Gasteiger partial charge is 0.496 e. The van der Waals surface area contributed by atoms with Crippen LogP contribution in [-0.2, 0) is 6.42 Å². The monoisotopic (exact) mass is 326 g/mol. The van der Waals surface area contributed by atoms with Crippen molar-refractivity contribution in [1.82, 2.24) is 4.98 Å². The van der Waals surface area contributed by atoms with E-state index in [1.165, 1.54) is 11.1 Å². The number of methoxy groups -OCH3 is 1. The Morgan fingerprint density at radius 1 is 1.17 bits per heavy atom. The lowest BCUT2D eigenvalue weighted by Crippen LogP contribution is -2.04. The zero-order valence-corrected chi connectivity index (χ0v) is 14.6. The van der Waals surface area contributed by atoms with Crippen molar-refractivity contribution in [2.75, 3.05) is 19.0 Å². The van der Waals surface area contributed by atoms with Crippen molar-refractivity contribution in [3.05, 3.63) is 53.6 Å². The summed E-state index contributed by atoms with van der Waals surface area (Å²) in [5.74, 6) is 1.37. The molecule has 0 amide bonds. The van der Waals surface area contributed by atoms with Crippen molar-refractivity contribution in [3.63, 3.8) is 0 Å². The van der Waals surface area contributed by atoms with E-state index in [1.54, 1.807) is 18.4 Å². The summed E-state index contributed by atoms with van der Waals surface area (Å²) in [4.78, 5) is 4.71. The number of aromatic nitrogens is 1. The second-order valence-electron chi connectivity index (χ2n) is 5.90. The fourth-order valence-electron chi connectivity index (χ4n) is 2.63. The van der Waals surface area contributed by atoms with Crippen LogP contribution >= 0.6 is 11.3 Å². The van der Waals surface area contributed by atoms with Gasteiger partial charge in [-0.05, 0) is 35.6 Å². The minimum absolute atomic E-state index is 0.422. The number of rotatable bonds is 6. The standard InChI is InChI=1S/C19H22N2OS/c1-13(2)15-11-16-18(12-17(15)22-3)23-19(21-16)20-10-9-14-7-5-4-6-8-14/h4-8,11-13H,9-10H2,1-3H3,(H,20,21). The summed E-state index contributed by atoms with van der Waals surface area (Å²) >= 11 is 1.68. The number of nitrogens with zero attached hydrogens (tertiary/aromatic N) is 1. The molecule has 0 aliphatic rings. The predicted octanol–water partition coefficient (Wildman–Crippen LogP) is 5.08. The Kier molecular flexibility index (Phi) is 4.82. The van der Waals surface area contributed by atoms with Gasteiger partial charge in [-0.15, -0.1) is 0 Å². The lowest BCUT2D eigenvalue weighted by Gasteiger charge is -2.11. The van der Waals surface area contributed by atoms with Gasteiger partial charge in [0.25, 0.3) is 0 Å². The van der Waals surface area contributed by atoms with E-state index >= 15 is 0 Å². The Hall–Kier alpha value is -2.07. The molecule has 0 radical (unpaired) electrons. The van der Waals surface area contributed by atoms with Crippen LogP contribution in [0.4, 0.5) is 5.13 Å². The van der Waals surface area contributed by atoms with Crippen LogP contribution in [-0.4, -0.2) is 18.6 Å². The molecule has 1 N–H and O–H groups in total. The fraction of sp³-hybridized carbons (Fsp3) is 0.316. The molecule has 0 bridgehead atoms. The molecule has 3 rings (SSSR count). The third-order valence-corrected chi connectivity index (χ3v) is 4.87. The van der Waals surface area contributed by atoms with Crippen LogP contribution in [0.1, 0.15) is 30.9 Å². The molecule has 0 atom stereocenters. The Morgan fingerprint density at radius 2 is 1.96 bits per heavy atom. The molecule has 1 aromatic heterocycles. The number of fused-ring (bicyclic) bond motifs is 1. The molecule has 120 valence electrons. The number of ether oxygens (including phenoxy) is 1. The maximum absolute atomic E-state index is 5.52. The van der Waals surface area contributed by atoms with Gasteiger partial charge in [-0.2, -0.15) is 0 Å². The van der Waals surface area contributed by atoms with Crippen LogP contribution < -0.4 is 10.1 Å². The first-order valence-electron chi connectivity index (χ1n) is 7.93. The van der Waals surface area contributed by atoms with Crippen molar-refractivity contribution in [3.8, 4) is 5.75 Å². The summed E-state index contributed by atoms with van der Waals surface area (Å²) in [6, 6.07) is 14.8. The van der Waals surface area contributed by atoms with Gasteiger partial charge in [-0.25, -0.2) is 4.98 Å². The number of hydrogen-bond acceptors (Lipinski definition) is 4. The van der Waals surface area contributed by atoms with E-state index in [2.05, 4.69) is 55.6 Å². The summed E-state index contributed by atoms with van der Waals surface area (Å²) < 4.78 is 6.68. The highest BCUT2D eigenvalue weighted by Gasteiger charge is 2.12. The Balaban J connectivity index is 1.75. The molecule has 0 saturated heterocycles. The smallest absolute Gasteiger partial charge is 0.183 e. The average Bonchev–Trinajstić information content (AvgIpc) is 2.96. The molecular formula is C19H22N2OS. The molecule has 2 aromatic carbocycles. The van der Waals surface area contributed by atoms with E-state index in [1.807, 2.05) is 6.07 Å². The zero-order chi connectivity index (χ0) is 16.2. The third-order valence-electron chi connectivity index (χ3n) is 3.89. The molecule has 4 heteroatoms. The van der Waals surface area contributed by atoms with Crippen LogP contribution in [0, 0.1) is 0 Å². The molecule has 0 aliphatic heterocycles. The lowest BCUT2D eigenvalue weighted by atomic mass is 10.0. The van der Waals surface area contributed by atoms with Crippen molar-refractivity contribution < 1.29 is 4.74 Å². The SMILES string of the molecule is COc1cc2sc(NCCc3ccccc3)nc2cc1C(C)C. The van der Waals surface area contributed by atoms with E-state index in [0.29, 0.717) is 5.92 Å². The van der Waals surface area contributed by atoms with E-state index in [-0.39, 0.29) is 0 Å².